The lowest BCUT2D eigenvalue weighted by Gasteiger charge is -2.12. The number of fused-ring (bicyclic) bond motifs is 1. The summed E-state index contributed by atoms with van der Waals surface area (Å²) in [5, 5.41) is 0.986. The number of unbranched alkanes of at least 4 members (excludes halogenated alkanes) is 1. The molecule has 0 aliphatic carbocycles. The van der Waals surface area contributed by atoms with Crippen molar-refractivity contribution in [2.45, 2.75) is 32.2 Å². The van der Waals surface area contributed by atoms with Gasteiger partial charge in [0.05, 0.1) is 11.8 Å². The first-order valence-electron chi connectivity index (χ1n) is 7.28. The predicted octanol–water partition coefficient (Wildman–Crippen LogP) is 1.71. The first-order chi connectivity index (χ1) is 10.4. The molecule has 0 bridgehead atoms. The van der Waals surface area contributed by atoms with Gasteiger partial charge in [-0.1, -0.05) is 31.5 Å². The Balaban J connectivity index is 0.00000264. The lowest BCUT2D eigenvalue weighted by Crippen LogP contribution is -2.45. The van der Waals surface area contributed by atoms with E-state index < -0.39 is 22.0 Å². The van der Waals surface area contributed by atoms with Gasteiger partial charge in [0, 0.05) is 17.1 Å². The minimum absolute atomic E-state index is 0. The largest absolute Gasteiger partial charge is 0.361 e. The molecule has 1 atom stereocenters. The van der Waals surface area contributed by atoms with Crippen LogP contribution < -0.4 is 10.5 Å². The number of amides is 1. The topological polar surface area (TPSA) is 105 Å². The second kappa shape index (κ2) is 8.33. The molecule has 1 amide bonds. The average molecular weight is 360 g/mol. The first-order valence-corrected chi connectivity index (χ1v) is 8.93. The number of hydrogen-bond donors (Lipinski definition) is 3. The van der Waals surface area contributed by atoms with Gasteiger partial charge < -0.3 is 10.7 Å². The minimum atomic E-state index is -3.60. The Bertz CT molecular complexity index is 758. The Morgan fingerprint density at radius 2 is 2.04 bits per heavy atom. The number of para-hydroxylation sites is 1. The quantitative estimate of drug-likeness (QED) is 0.699. The van der Waals surface area contributed by atoms with Gasteiger partial charge in [-0.25, -0.2) is 8.42 Å². The monoisotopic (exact) mass is 359 g/mol. The summed E-state index contributed by atoms with van der Waals surface area (Å²) in [5.74, 6) is -0.726. The second-order valence-corrected chi connectivity index (χ2v) is 7.15. The number of hydrogen-bond acceptors (Lipinski definition) is 4. The summed E-state index contributed by atoms with van der Waals surface area (Å²) < 4.78 is 25.5. The van der Waals surface area contributed by atoms with Gasteiger partial charge in [0.25, 0.3) is 5.91 Å². The summed E-state index contributed by atoms with van der Waals surface area (Å²) in [6, 6.07) is 6.77. The molecule has 1 aromatic carbocycles. The molecule has 1 aromatic heterocycles. The third-order valence-corrected chi connectivity index (χ3v) is 4.81. The number of H-pyrrole nitrogens is 1. The van der Waals surface area contributed by atoms with Crippen molar-refractivity contribution in [2.24, 2.45) is 5.73 Å². The number of rotatable bonds is 7. The molecule has 6 nitrogen and oxygen atoms in total. The van der Waals surface area contributed by atoms with Crippen molar-refractivity contribution in [3.05, 3.63) is 36.0 Å². The summed E-state index contributed by atoms with van der Waals surface area (Å²) in [5.41, 5.74) is 7.70. The molecule has 2 rings (SSSR count). The Morgan fingerprint density at radius 1 is 1.35 bits per heavy atom. The second-order valence-electron chi connectivity index (χ2n) is 5.31. The molecule has 0 spiro atoms. The number of sulfonamides is 1. The van der Waals surface area contributed by atoms with Crippen molar-refractivity contribution in [3.63, 3.8) is 0 Å². The number of nitrogens with one attached hydrogen (secondary N) is 2. The highest BCUT2D eigenvalue weighted by Gasteiger charge is 2.21. The summed E-state index contributed by atoms with van der Waals surface area (Å²) >= 11 is 0. The van der Waals surface area contributed by atoms with E-state index in [9.17, 15) is 13.2 Å². The molecular weight excluding hydrogens is 338 g/mol. The Kier molecular flexibility index (Phi) is 7.05. The fourth-order valence-corrected chi connectivity index (χ4v) is 3.47. The van der Waals surface area contributed by atoms with Gasteiger partial charge in [0.2, 0.25) is 10.0 Å². The van der Waals surface area contributed by atoms with E-state index in [4.69, 9.17) is 5.73 Å². The third-order valence-electron chi connectivity index (χ3n) is 3.47. The molecule has 0 saturated carbocycles. The molecule has 1 unspecified atom stereocenters. The molecule has 4 N–H and O–H groups in total. The van der Waals surface area contributed by atoms with Gasteiger partial charge in [0.1, 0.15) is 0 Å². The molecular formula is C15H22ClN3O3S. The van der Waals surface area contributed by atoms with E-state index >= 15 is 0 Å². The fourth-order valence-electron chi connectivity index (χ4n) is 2.24. The zero-order chi connectivity index (χ0) is 16.2. The van der Waals surface area contributed by atoms with Crippen LogP contribution in [0.3, 0.4) is 0 Å². The normalized spacial score (nSPS) is 12.6. The zero-order valence-corrected chi connectivity index (χ0v) is 14.5. The Labute approximate surface area is 142 Å². The predicted molar refractivity (Wildman–Crippen MR) is 94.1 cm³/mol. The maximum absolute atomic E-state index is 12.0. The lowest BCUT2D eigenvalue weighted by atomic mass is 10.1. The van der Waals surface area contributed by atoms with Crippen molar-refractivity contribution in [3.8, 4) is 0 Å². The summed E-state index contributed by atoms with van der Waals surface area (Å²) in [6.07, 6.45) is 3.33. The minimum Gasteiger partial charge on any atom is -0.361 e. The molecule has 0 aliphatic heterocycles. The van der Waals surface area contributed by atoms with Crippen LogP contribution in [0.15, 0.2) is 30.5 Å². The molecule has 23 heavy (non-hydrogen) atoms. The van der Waals surface area contributed by atoms with Crippen LogP contribution in [0.5, 0.6) is 0 Å². The van der Waals surface area contributed by atoms with E-state index in [1.54, 1.807) is 6.20 Å². The van der Waals surface area contributed by atoms with Crippen LogP contribution in [-0.2, 0) is 21.2 Å². The number of benzene rings is 1. The SMILES string of the molecule is CCCCS(=O)(=O)NC(=O)C(N)Cc1c[nH]c2ccccc12.Cl. The van der Waals surface area contributed by atoms with Crippen LogP contribution in [0.2, 0.25) is 0 Å². The van der Waals surface area contributed by atoms with E-state index in [0.717, 1.165) is 22.9 Å². The number of carbonyl (C=O) groups is 1. The number of aromatic amines is 1. The lowest BCUT2D eigenvalue weighted by molar-refractivity contribution is -0.120. The number of halogens is 1. The standard InChI is InChI=1S/C15H21N3O3S.ClH/c1-2-3-8-22(20,21)18-15(19)13(16)9-11-10-17-14-7-5-4-6-12(11)14;/h4-7,10,13,17H,2-3,8-9,16H2,1H3,(H,18,19);1H. The van der Waals surface area contributed by atoms with Crippen molar-refractivity contribution in [1.29, 1.82) is 0 Å². The average Bonchev–Trinajstić information content (AvgIpc) is 2.88. The van der Waals surface area contributed by atoms with Crippen LogP contribution >= 0.6 is 12.4 Å². The number of nitrogens with two attached hydrogens (primary N) is 1. The molecule has 0 radical (unpaired) electrons. The molecule has 0 saturated heterocycles. The van der Waals surface area contributed by atoms with Crippen molar-refractivity contribution in [2.75, 3.05) is 5.75 Å². The van der Waals surface area contributed by atoms with E-state index in [1.807, 2.05) is 35.9 Å². The van der Waals surface area contributed by atoms with Crippen LogP contribution in [0.1, 0.15) is 25.3 Å². The van der Waals surface area contributed by atoms with E-state index in [0.29, 0.717) is 6.42 Å². The van der Waals surface area contributed by atoms with Gasteiger partial charge in [0.15, 0.2) is 0 Å². The van der Waals surface area contributed by atoms with Crippen LogP contribution in [0, 0.1) is 0 Å². The van der Waals surface area contributed by atoms with Crippen molar-refractivity contribution in [1.82, 2.24) is 9.71 Å². The van der Waals surface area contributed by atoms with Crippen LogP contribution in [0.25, 0.3) is 10.9 Å². The van der Waals surface area contributed by atoms with Gasteiger partial charge >= 0.3 is 0 Å². The first kappa shape index (κ1) is 19.5. The van der Waals surface area contributed by atoms with E-state index in [2.05, 4.69) is 4.98 Å². The molecule has 1 heterocycles. The summed E-state index contributed by atoms with van der Waals surface area (Å²) in [7, 11) is -3.60. The van der Waals surface area contributed by atoms with Gasteiger partial charge in [-0.2, -0.15) is 0 Å². The molecule has 128 valence electrons. The van der Waals surface area contributed by atoms with Crippen molar-refractivity contribution >= 4 is 39.2 Å². The number of carbonyl (C=O) groups excluding carboxylic acids is 1. The van der Waals surface area contributed by atoms with Crippen molar-refractivity contribution < 1.29 is 13.2 Å². The third kappa shape index (κ3) is 5.23. The zero-order valence-electron chi connectivity index (χ0n) is 12.9. The Hall–Kier alpha value is -1.57. The van der Waals surface area contributed by atoms with E-state index in [1.165, 1.54) is 0 Å². The molecule has 2 aromatic rings. The maximum Gasteiger partial charge on any atom is 0.250 e. The Morgan fingerprint density at radius 3 is 2.74 bits per heavy atom. The highest BCUT2D eigenvalue weighted by atomic mass is 35.5. The fraction of sp³-hybridized carbons (Fsp3) is 0.400. The summed E-state index contributed by atoms with van der Waals surface area (Å²) in [4.78, 5) is 15.1. The number of aromatic nitrogens is 1. The summed E-state index contributed by atoms with van der Waals surface area (Å²) in [6.45, 7) is 1.89. The molecule has 0 fully saturated rings. The smallest absolute Gasteiger partial charge is 0.250 e. The highest BCUT2D eigenvalue weighted by molar-refractivity contribution is 7.90. The van der Waals surface area contributed by atoms with Gasteiger partial charge in [-0.05, 0) is 24.5 Å². The highest BCUT2D eigenvalue weighted by Crippen LogP contribution is 2.18. The maximum atomic E-state index is 12.0. The van der Waals surface area contributed by atoms with Crippen LogP contribution in [0.4, 0.5) is 0 Å². The van der Waals surface area contributed by atoms with Crippen LogP contribution in [-0.4, -0.2) is 31.1 Å². The van der Waals surface area contributed by atoms with Gasteiger partial charge in [-0.3, -0.25) is 9.52 Å². The van der Waals surface area contributed by atoms with E-state index in [-0.39, 0.29) is 24.6 Å². The van der Waals surface area contributed by atoms with Gasteiger partial charge in [-0.15, -0.1) is 12.4 Å². The molecule has 8 heteroatoms. The molecule has 0 aliphatic rings.